The maximum Gasteiger partial charge on any atom is 0.282 e. The van der Waals surface area contributed by atoms with Crippen molar-refractivity contribution in [2.45, 2.75) is 38.8 Å². The second-order valence-corrected chi connectivity index (χ2v) is 11.8. The quantitative estimate of drug-likeness (QED) is 0.330. The molecule has 0 aliphatic carbocycles. The summed E-state index contributed by atoms with van der Waals surface area (Å²) in [6.45, 7) is 9.23. The number of hydrogen-bond donors (Lipinski definition) is 1. The molecule has 2 aromatic carbocycles. The number of rotatable bonds is 4. The molecule has 0 saturated carbocycles. The van der Waals surface area contributed by atoms with Gasteiger partial charge in [-0.3, -0.25) is 19.0 Å². The first-order chi connectivity index (χ1) is 21.9. The monoisotopic (exact) mass is 624 g/mol. The van der Waals surface area contributed by atoms with E-state index in [9.17, 15) is 24.8 Å². The Kier molecular flexibility index (Phi) is 7.35. The van der Waals surface area contributed by atoms with E-state index in [2.05, 4.69) is 17.6 Å². The molecular formula is C34H30F2N6O4. The highest BCUT2D eigenvalue weighted by atomic mass is 19.1. The van der Waals surface area contributed by atoms with Gasteiger partial charge in [-0.2, -0.15) is 5.26 Å². The Bertz CT molecular complexity index is 2060. The number of carbonyl (C=O) groups excluding carboxylic acids is 2. The Morgan fingerprint density at radius 3 is 2.48 bits per heavy atom. The zero-order chi connectivity index (χ0) is 33.2. The molecule has 12 heteroatoms. The number of para-hydroxylation sites is 1. The van der Waals surface area contributed by atoms with E-state index in [0.29, 0.717) is 5.56 Å². The van der Waals surface area contributed by atoms with Crippen LogP contribution in [0.1, 0.15) is 37.8 Å². The fraction of sp³-hybridized carbons (Fsp3) is 0.265. The summed E-state index contributed by atoms with van der Waals surface area (Å²) in [6, 6.07) is 10.4. The minimum atomic E-state index is -0.984. The smallest absolute Gasteiger partial charge is 0.282 e. The van der Waals surface area contributed by atoms with Gasteiger partial charge >= 0.3 is 0 Å². The van der Waals surface area contributed by atoms with Crippen LogP contribution in [-0.2, 0) is 9.59 Å². The van der Waals surface area contributed by atoms with Crippen molar-refractivity contribution >= 4 is 34.2 Å². The van der Waals surface area contributed by atoms with Gasteiger partial charge in [0.15, 0.2) is 11.5 Å². The van der Waals surface area contributed by atoms with Crippen molar-refractivity contribution < 1.29 is 23.5 Å². The first-order valence-electron chi connectivity index (χ1n) is 14.7. The summed E-state index contributed by atoms with van der Waals surface area (Å²) in [7, 11) is 1.43. The molecule has 2 aliphatic rings. The average molecular weight is 625 g/mol. The molecule has 0 bridgehead atoms. The van der Waals surface area contributed by atoms with Crippen molar-refractivity contribution in [3.05, 3.63) is 88.2 Å². The molecule has 6 rings (SSSR count). The fourth-order valence-corrected chi connectivity index (χ4v) is 6.54. The number of aromatic hydroxyl groups is 1. The molecule has 0 spiro atoms. The highest BCUT2D eigenvalue weighted by molar-refractivity contribution is 6.12. The van der Waals surface area contributed by atoms with Gasteiger partial charge < -0.3 is 19.8 Å². The predicted molar refractivity (Wildman–Crippen MR) is 169 cm³/mol. The van der Waals surface area contributed by atoms with Gasteiger partial charge in [0.05, 0.1) is 29.0 Å². The van der Waals surface area contributed by atoms with Gasteiger partial charge in [-0.05, 0) is 48.7 Å². The normalized spacial score (nSPS) is 17.6. The van der Waals surface area contributed by atoms with Crippen LogP contribution in [0.15, 0.2) is 59.9 Å². The van der Waals surface area contributed by atoms with Crippen LogP contribution in [0.5, 0.6) is 5.75 Å². The molecule has 2 amide bonds. The van der Waals surface area contributed by atoms with Crippen molar-refractivity contribution in [1.82, 2.24) is 14.5 Å². The first kappa shape index (κ1) is 30.5. The Labute approximate surface area is 263 Å². The van der Waals surface area contributed by atoms with Crippen LogP contribution in [0.3, 0.4) is 0 Å². The topological polar surface area (TPSA) is 123 Å². The van der Waals surface area contributed by atoms with Gasteiger partial charge in [0.1, 0.15) is 35.1 Å². The molecule has 2 atom stereocenters. The van der Waals surface area contributed by atoms with Gasteiger partial charge in [0.25, 0.3) is 11.5 Å². The van der Waals surface area contributed by atoms with Crippen molar-refractivity contribution in [2.75, 3.05) is 29.9 Å². The second kappa shape index (κ2) is 11.1. The number of hydrogen-bond acceptors (Lipinski definition) is 7. The number of aromatic nitrogens is 2. The maximum absolute atomic E-state index is 16.2. The predicted octanol–water partition coefficient (Wildman–Crippen LogP) is 4.60. The summed E-state index contributed by atoms with van der Waals surface area (Å²) in [4.78, 5) is 50.2. The summed E-state index contributed by atoms with van der Waals surface area (Å²) in [5, 5.41) is 20.8. The number of amides is 2. The van der Waals surface area contributed by atoms with Crippen LogP contribution in [-0.4, -0.2) is 63.6 Å². The van der Waals surface area contributed by atoms with E-state index in [1.165, 1.54) is 45.7 Å². The molecule has 1 fully saturated rings. The minimum absolute atomic E-state index is 0.00886. The highest BCUT2D eigenvalue weighted by Gasteiger charge is 2.46. The van der Waals surface area contributed by atoms with Crippen LogP contribution >= 0.6 is 0 Å². The number of fused-ring (bicyclic) bond motifs is 5. The Hall–Kier alpha value is -5.57. The second-order valence-electron chi connectivity index (χ2n) is 11.8. The van der Waals surface area contributed by atoms with Crippen LogP contribution < -0.4 is 15.4 Å². The van der Waals surface area contributed by atoms with E-state index in [-0.39, 0.29) is 58.6 Å². The van der Waals surface area contributed by atoms with Gasteiger partial charge in [-0.15, -0.1) is 0 Å². The van der Waals surface area contributed by atoms with Crippen molar-refractivity contribution in [3.8, 4) is 28.8 Å². The third-order valence-electron chi connectivity index (χ3n) is 8.75. The average Bonchev–Trinajstić information content (AvgIpc) is 3.02. The van der Waals surface area contributed by atoms with Gasteiger partial charge in [-0.1, -0.05) is 38.6 Å². The molecule has 2 aliphatic heterocycles. The Balaban J connectivity index is 1.78. The first-order valence-corrected chi connectivity index (χ1v) is 14.7. The summed E-state index contributed by atoms with van der Waals surface area (Å²) in [5.41, 5.74) is -0.756. The molecule has 0 radical (unpaired) electrons. The minimum Gasteiger partial charge on any atom is -0.507 e. The van der Waals surface area contributed by atoms with E-state index < -0.39 is 52.2 Å². The number of benzene rings is 2. The number of carbonyl (C=O) groups is 2. The van der Waals surface area contributed by atoms with Crippen molar-refractivity contribution in [2.24, 2.45) is 0 Å². The summed E-state index contributed by atoms with van der Waals surface area (Å²) < 4.78 is 32.4. The van der Waals surface area contributed by atoms with E-state index in [1.54, 1.807) is 24.0 Å². The zero-order valence-corrected chi connectivity index (χ0v) is 25.6. The largest absolute Gasteiger partial charge is 0.507 e. The standard InChI is InChI=1S/C34H30F2N6O4/c1-6-26(44)40-16-24-33(45)39(5)31-30(41(24)15-18(40)4)21-13-23(36)28(27-22(35)11-8-12-25(27)43)38-32(21)42(34(31)46)29-19(14-37)9-7-10-20(29)17(2)3/h6-13,17-18,24,43H,1,15-16H2,2-5H3/t18-,24-/m1/s1. The van der Waals surface area contributed by atoms with E-state index in [4.69, 9.17) is 0 Å². The van der Waals surface area contributed by atoms with E-state index in [1.807, 2.05) is 13.8 Å². The number of nitriles is 1. The Morgan fingerprint density at radius 1 is 1.11 bits per heavy atom. The van der Waals surface area contributed by atoms with E-state index in [0.717, 1.165) is 12.1 Å². The lowest BCUT2D eigenvalue weighted by atomic mass is 9.96. The summed E-state index contributed by atoms with van der Waals surface area (Å²) in [5.74, 6) is -3.46. The fourth-order valence-electron chi connectivity index (χ4n) is 6.54. The summed E-state index contributed by atoms with van der Waals surface area (Å²) in [6.07, 6.45) is 1.17. The van der Waals surface area contributed by atoms with Crippen LogP contribution in [0.25, 0.3) is 28.0 Å². The molecule has 1 N–H and O–H groups in total. The summed E-state index contributed by atoms with van der Waals surface area (Å²) >= 11 is 0. The van der Waals surface area contributed by atoms with Crippen molar-refractivity contribution in [1.29, 1.82) is 5.26 Å². The lowest BCUT2D eigenvalue weighted by Gasteiger charge is -2.49. The van der Waals surface area contributed by atoms with Gasteiger partial charge in [0, 0.05) is 25.0 Å². The number of nitrogens with zero attached hydrogens (tertiary/aromatic N) is 6. The Morgan fingerprint density at radius 2 is 1.83 bits per heavy atom. The highest BCUT2D eigenvalue weighted by Crippen LogP contribution is 2.44. The number of anilines is 2. The number of halogens is 2. The molecule has 0 unspecified atom stereocenters. The van der Waals surface area contributed by atoms with Gasteiger partial charge in [0.2, 0.25) is 5.91 Å². The molecule has 4 aromatic rings. The number of likely N-dealkylation sites (N-methyl/N-ethyl adjacent to an activating group) is 1. The third kappa shape index (κ3) is 4.42. The van der Waals surface area contributed by atoms with Crippen molar-refractivity contribution in [3.63, 3.8) is 0 Å². The zero-order valence-electron chi connectivity index (χ0n) is 25.6. The van der Waals surface area contributed by atoms with Crippen LogP contribution in [0.2, 0.25) is 0 Å². The van der Waals surface area contributed by atoms with Crippen LogP contribution in [0, 0.1) is 23.0 Å². The molecule has 1 saturated heterocycles. The molecule has 234 valence electrons. The number of phenols is 1. The SMILES string of the molecule is C=CC(=O)N1C[C@@H]2C(=O)N(C)c3c(c4cc(F)c(-c5c(O)cccc5F)nc4n(-c4c(C#N)cccc4C(C)C)c3=O)N2C[C@H]1C. The number of phenolic OH excluding ortho intramolecular Hbond substituents is 1. The molecule has 4 heterocycles. The molecular weight excluding hydrogens is 594 g/mol. The molecule has 10 nitrogen and oxygen atoms in total. The lowest BCUT2D eigenvalue weighted by Crippen LogP contribution is -2.66. The van der Waals surface area contributed by atoms with E-state index >= 15 is 8.78 Å². The third-order valence-corrected chi connectivity index (χ3v) is 8.75. The lowest BCUT2D eigenvalue weighted by molar-refractivity contribution is -0.130. The molecule has 46 heavy (non-hydrogen) atoms. The number of pyridine rings is 2. The maximum atomic E-state index is 16.2. The van der Waals surface area contributed by atoms with Gasteiger partial charge in [-0.25, -0.2) is 13.8 Å². The molecule has 2 aromatic heterocycles. The van der Waals surface area contributed by atoms with Crippen LogP contribution in [0.4, 0.5) is 20.2 Å². The number of piperazine rings is 1.